The van der Waals surface area contributed by atoms with Crippen molar-refractivity contribution in [3.8, 4) is 0 Å². The van der Waals surface area contributed by atoms with E-state index >= 15 is 0 Å². The van der Waals surface area contributed by atoms with Gasteiger partial charge in [-0.05, 0) is 38.8 Å². The fraction of sp³-hybridized carbons (Fsp3) is 0.929. The quantitative estimate of drug-likeness (QED) is 0.445. The molecule has 0 bridgehead atoms. The molecule has 0 saturated carbocycles. The van der Waals surface area contributed by atoms with Crippen LogP contribution in [-0.4, -0.2) is 67.7 Å². The van der Waals surface area contributed by atoms with E-state index in [1.54, 1.807) is 0 Å². The highest BCUT2D eigenvalue weighted by atomic mass is 127. The summed E-state index contributed by atoms with van der Waals surface area (Å²) >= 11 is 0. The van der Waals surface area contributed by atoms with Gasteiger partial charge < -0.3 is 15.4 Å². The first-order chi connectivity index (χ1) is 9.16. The molecule has 2 aliphatic heterocycles. The van der Waals surface area contributed by atoms with Gasteiger partial charge in [-0.3, -0.25) is 9.89 Å². The van der Waals surface area contributed by atoms with Crippen LogP contribution < -0.4 is 5.73 Å². The molecule has 0 aromatic carbocycles. The molecule has 0 aromatic heterocycles. The van der Waals surface area contributed by atoms with Crippen molar-refractivity contribution in [3.05, 3.63) is 0 Å². The van der Waals surface area contributed by atoms with E-state index in [1.807, 2.05) is 0 Å². The van der Waals surface area contributed by atoms with E-state index in [-0.39, 0.29) is 24.0 Å². The number of hydrogen-bond donors (Lipinski definition) is 1. The van der Waals surface area contributed by atoms with Gasteiger partial charge in [-0.2, -0.15) is 0 Å². The number of nitrogens with zero attached hydrogens (tertiary/aromatic N) is 3. The van der Waals surface area contributed by atoms with E-state index in [0.29, 0.717) is 12.0 Å². The Balaban J connectivity index is 0.00000200. The fourth-order valence-electron chi connectivity index (χ4n) is 2.70. The Morgan fingerprint density at radius 3 is 2.45 bits per heavy atom. The first-order valence-electron chi connectivity index (χ1n) is 7.53. The Labute approximate surface area is 139 Å². The number of rotatable bonds is 3. The monoisotopic (exact) mass is 396 g/mol. The highest BCUT2D eigenvalue weighted by Crippen LogP contribution is 2.18. The number of ether oxygens (including phenoxy) is 1. The number of piperidine rings is 1. The summed E-state index contributed by atoms with van der Waals surface area (Å²) in [6.45, 7) is 11.1. The standard InChI is InChI=1S/C14H28N4O.HI/c1-12-3-5-17(6-4-12)13(2)11-16-14(15)18-7-9-19-10-8-18;/h12-13H,3-11H2,1-2H3,(H2,15,16);1H. The van der Waals surface area contributed by atoms with Gasteiger partial charge in [0, 0.05) is 19.1 Å². The maximum absolute atomic E-state index is 6.05. The van der Waals surface area contributed by atoms with Gasteiger partial charge in [0.05, 0.1) is 19.8 Å². The van der Waals surface area contributed by atoms with Crippen molar-refractivity contribution in [2.75, 3.05) is 45.9 Å². The summed E-state index contributed by atoms with van der Waals surface area (Å²) in [5, 5.41) is 0. The summed E-state index contributed by atoms with van der Waals surface area (Å²) in [5.41, 5.74) is 6.05. The van der Waals surface area contributed by atoms with Crippen molar-refractivity contribution < 1.29 is 4.74 Å². The lowest BCUT2D eigenvalue weighted by atomic mass is 9.98. The molecule has 2 aliphatic rings. The second kappa shape index (κ2) is 9.04. The van der Waals surface area contributed by atoms with E-state index in [4.69, 9.17) is 10.5 Å². The van der Waals surface area contributed by atoms with Crippen LogP contribution in [0.2, 0.25) is 0 Å². The summed E-state index contributed by atoms with van der Waals surface area (Å²) < 4.78 is 5.32. The molecule has 1 atom stereocenters. The van der Waals surface area contributed by atoms with Crippen molar-refractivity contribution in [1.82, 2.24) is 9.80 Å². The molecule has 1 unspecified atom stereocenters. The molecule has 0 spiro atoms. The van der Waals surface area contributed by atoms with Crippen LogP contribution in [0.15, 0.2) is 4.99 Å². The largest absolute Gasteiger partial charge is 0.378 e. The molecule has 2 N–H and O–H groups in total. The van der Waals surface area contributed by atoms with Crippen LogP contribution in [-0.2, 0) is 4.74 Å². The minimum atomic E-state index is 0. The Bertz CT molecular complexity index is 300. The number of nitrogens with two attached hydrogens (primary N) is 1. The number of likely N-dealkylation sites (tertiary alicyclic amines) is 1. The summed E-state index contributed by atoms with van der Waals surface area (Å²) in [7, 11) is 0. The first kappa shape index (κ1) is 18.0. The molecule has 2 heterocycles. The van der Waals surface area contributed by atoms with E-state index in [2.05, 4.69) is 28.6 Å². The Hall–Kier alpha value is -0.0800. The second-order valence-corrected chi connectivity index (χ2v) is 5.87. The summed E-state index contributed by atoms with van der Waals surface area (Å²) in [6, 6.07) is 0.493. The second-order valence-electron chi connectivity index (χ2n) is 5.87. The lowest BCUT2D eigenvalue weighted by Gasteiger charge is -2.34. The summed E-state index contributed by atoms with van der Waals surface area (Å²) in [4.78, 5) is 9.22. The number of halogens is 1. The van der Waals surface area contributed by atoms with Gasteiger partial charge >= 0.3 is 0 Å². The molecule has 2 fully saturated rings. The molecule has 20 heavy (non-hydrogen) atoms. The molecule has 6 heteroatoms. The van der Waals surface area contributed by atoms with Crippen molar-refractivity contribution in [1.29, 1.82) is 0 Å². The van der Waals surface area contributed by atoms with Crippen LogP contribution in [0.1, 0.15) is 26.7 Å². The topological polar surface area (TPSA) is 54.1 Å². The van der Waals surface area contributed by atoms with E-state index < -0.39 is 0 Å². The van der Waals surface area contributed by atoms with Crippen LogP contribution in [0.3, 0.4) is 0 Å². The SMILES string of the molecule is CC1CCN(C(C)CN=C(N)N2CCOCC2)CC1.I. The molecule has 2 rings (SSSR count). The lowest BCUT2D eigenvalue weighted by molar-refractivity contribution is 0.0673. The van der Waals surface area contributed by atoms with Gasteiger partial charge in [0.25, 0.3) is 0 Å². The first-order valence-corrected chi connectivity index (χ1v) is 7.53. The van der Waals surface area contributed by atoms with Crippen LogP contribution in [0, 0.1) is 5.92 Å². The average Bonchev–Trinajstić information content (AvgIpc) is 2.46. The van der Waals surface area contributed by atoms with Gasteiger partial charge in [-0.15, -0.1) is 24.0 Å². The van der Waals surface area contributed by atoms with E-state index in [9.17, 15) is 0 Å². The maximum Gasteiger partial charge on any atom is 0.191 e. The molecule has 118 valence electrons. The predicted octanol–water partition coefficient (Wildman–Crippen LogP) is 1.37. The van der Waals surface area contributed by atoms with Gasteiger partial charge in [0.2, 0.25) is 0 Å². The molecule has 0 aliphatic carbocycles. The third-order valence-corrected chi connectivity index (χ3v) is 4.29. The molecular weight excluding hydrogens is 367 g/mol. The lowest BCUT2D eigenvalue weighted by Crippen LogP contribution is -2.46. The maximum atomic E-state index is 6.05. The smallest absolute Gasteiger partial charge is 0.191 e. The third-order valence-electron chi connectivity index (χ3n) is 4.29. The molecule has 0 aromatic rings. The van der Waals surface area contributed by atoms with Crippen LogP contribution in [0.25, 0.3) is 0 Å². The molecular formula is C14H29IN4O. The Morgan fingerprint density at radius 2 is 1.85 bits per heavy atom. The molecule has 2 saturated heterocycles. The minimum Gasteiger partial charge on any atom is -0.378 e. The summed E-state index contributed by atoms with van der Waals surface area (Å²) in [6.07, 6.45) is 2.63. The third kappa shape index (κ3) is 5.37. The Morgan fingerprint density at radius 1 is 1.25 bits per heavy atom. The van der Waals surface area contributed by atoms with Gasteiger partial charge in [-0.1, -0.05) is 6.92 Å². The highest BCUT2D eigenvalue weighted by Gasteiger charge is 2.20. The van der Waals surface area contributed by atoms with Crippen molar-refractivity contribution >= 4 is 29.9 Å². The van der Waals surface area contributed by atoms with Gasteiger partial charge in [-0.25, -0.2) is 0 Å². The normalized spacial score (nSPS) is 24.3. The average molecular weight is 396 g/mol. The van der Waals surface area contributed by atoms with Crippen molar-refractivity contribution in [2.45, 2.75) is 32.7 Å². The zero-order valence-electron chi connectivity index (χ0n) is 12.8. The molecule has 0 amide bonds. The van der Waals surface area contributed by atoms with Crippen LogP contribution in [0.5, 0.6) is 0 Å². The van der Waals surface area contributed by atoms with Gasteiger partial charge in [0.15, 0.2) is 5.96 Å². The Kier molecular flexibility index (Phi) is 8.13. The van der Waals surface area contributed by atoms with E-state index in [1.165, 1.54) is 25.9 Å². The fourth-order valence-corrected chi connectivity index (χ4v) is 2.70. The van der Waals surface area contributed by atoms with Crippen LogP contribution >= 0.6 is 24.0 Å². The predicted molar refractivity (Wildman–Crippen MR) is 93.7 cm³/mol. The van der Waals surface area contributed by atoms with Crippen LogP contribution in [0.4, 0.5) is 0 Å². The summed E-state index contributed by atoms with van der Waals surface area (Å²) in [5.74, 6) is 1.56. The minimum absolute atomic E-state index is 0. The zero-order chi connectivity index (χ0) is 13.7. The number of morpholine rings is 1. The van der Waals surface area contributed by atoms with E-state index in [0.717, 1.165) is 38.8 Å². The number of guanidine groups is 1. The molecule has 5 nitrogen and oxygen atoms in total. The zero-order valence-corrected chi connectivity index (χ0v) is 15.1. The van der Waals surface area contributed by atoms with Crippen molar-refractivity contribution in [3.63, 3.8) is 0 Å². The van der Waals surface area contributed by atoms with Gasteiger partial charge in [0.1, 0.15) is 0 Å². The molecule has 0 radical (unpaired) electrons. The number of aliphatic imine (C=N–C) groups is 1. The number of hydrogen-bond acceptors (Lipinski definition) is 3. The highest BCUT2D eigenvalue weighted by molar-refractivity contribution is 14.0. The van der Waals surface area contributed by atoms with Crippen molar-refractivity contribution in [2.24, 2.45) is 16.6 Å².